The number of carbonyl (C=O) groups excluding carboxylic acids is 1. The molecule has 1 atom stereocenters. The molecule has 5 nitrogen and oxygen atoms in total. The molecule has 0 saturated heterocycles. The van der Waals surface area contributed by atoms with Crippen molar-refractivity contribution in [3.8, 4) is 0 Å². The predicted octanol–water partition coefficient (Wildman–Crippen LogP) is -5.84. The number of halogens is 1. The maximum absolute atomic E-state index is 9.74. The van der Waals surface area contributed by atoms with Crippen LogP contribution in [0.25, 0.3) is 0 Å². The van der Waals surface area contributed by atoms with Gasteiger partial charge in [0.1, 0.15) is 0 Å². The summed E-state index contributed by atoms with van der Waals surface area (Å²) in [5, 5.41) is 17.7. The van der Waals surface area contributed by atoms with E-state index in [1.807, 2.05) is 0 Å². The molecule has 0 saturated carbocycles. The second kappa shape index (κ2) is 8.06. The third-order valence-corrected chi connectivity index (χ3v) is 0.697. The number of carboxylic acid groups (broad SMARTS) is 2. The van der Waals surface area contributed by atoms with Gasteiger partial charge in [-0.3, -0.25) is 4.79 Å². The van der Waals surface area contributed by atoms with Gasteiger partial charge in [-0.05, 0) is 0 Å². The summed E-state index contributed by atoms with van der Waals surface area (Å²) in [6.45, 7) is 0. The van der Waals surface area contributed by atoms with Crippen LogP contribution in [0.5, 0.6) is 0 Å². The number of aliphatic carboxylic acids is 2. The molecule has 0 amide bonds. The maximum Gasteiger partial charge on any atom is 2.00 e. The van der Waals surface area contributed by atoms with Gasteiger partial charge in [-0.25, -0.2) is 0 Å². The van der Waals surface area contributed by atoms with Gasteiger partial charge in [-0.1, -0.05) is 0 Å². The molecule has 0 radical (unpaired) electrons. The number of hydrogen-bond donors (Lipinski definition) is 2. The van der Waals surface area contributed by atoms with Crippen LogP contribution in [0.15, 0.2) is 0 Å². The normalized spacial score (nSPS) is 10.3. The van der Waals surface area contributed by atoms with Crippen LogP contribution in [-0.4, -0.2) is 46.1 Å². The first-order chi connectivity index (χ1) is 4.04. The number of carbonyl (C=O) groups is 2. The van der Waals surface area contributed by atoms with E-state index in [0.29, 0.717) is 0 Å². The zero-order valence-electron chi connectivity index (χ0n) is 5.62. The number of carboxylic acids is 2. The Morgan fingerprint density at radius 2 is 1.91 bits per heavy atom. The van der Waals surface area contributed by atoms with Gasteiger partial charge in [0.2, 0.25) is 0 Å². The van der Waals surface area contributed by atoms with E-state index in [9.17, 15) is 14.7 Å². The Labute approximate surface area is 85.5 Å². The molecular weight excluding hydrogens is 186 g/mol. The topological polar surface area (TPSA) is 103 Å². The van der Waals surface area contributed by atoms with Crippen molar-refractivity contribution in [3.63, 3.8) is 0 Å². The monoisotopic (exact) mass is 191 g/mol. The van der Waals surface area contributed by atoms with Gasteiger partial charge in [0.05, 0.1) is 18.4 Å². The first kappa shape index (κ1) is 17.2. The molecule has 0 aliphatic rings. The van der Waals surface area contributed by atoms with Crippen LogP contribution in [0.3, 0.4) is 0 Å². The van der Waals surface area contributed by atoms with E-state index in [4.69, 9.17) is 10.8 Å². The van der Waals surface area contributed by atoms with E-state index in [2.05, 4.69) is 0 Å². The molecule has 3 N–H and O–H groups in total. The molecular formula is C4H6ClMgNO4. The third kappa shape index (κ3) is 9.96. The molecule has 0 bridgehead atoms. The summed E-state index contributed by atoms with van der Waals surface area (Å²) < 4.78 is 0. The molecule has 0 aromatic heterocycles. The first-order valence-electron chi connectivity index (χ1n) is 2.22. The van der Waals surface area contributed by atoms with Crippen molar-refractivity contribution >= 4 is 35.0 Å². The van der Waals surface area contributed by atoms with Gasteiger partial charge in [0.15, 0.2) is 0 Å². The smallest absolute Gasteiger partial charge is 1.00 e. The summed E-state index contributed by atoms with van der Waals surface area (Å²) in [5.74, 6) is -2.79. The molecule has 0 rings (SSSR count). The van der Waals surface area contributed by atoms with Crippen LogP contribution < -0.4 is 23.2 Å². The third-order valence-electron chi connectivity index (χ3n) is 0.697. The van der Waals surface area contributed by atoms with Gasteiger partial charge in [0.25, 0.3) is 0 Å². The Bertz CT molecular complexity index is 142. The molecule has 60 valence electrons. The summed E-state index contributed by atoms with van der Waals surface area (Å²) in [4.78, 5) is 19.5. The van der Waals surface area contributed by atoms with Crippen molar-refractivity contribution in [1.82, 2.24) is 0 Å². The summed E-state index contributed by atoms with van der Waals surface area (Å²) in [6, 6.07) is -1.40. The van der Waals surface area contributed by atoms with E-state index < -0.39 is 24.4 Å². The molecule has 0 aliphatic heterocycles. The van der Waals surface area contributed by atoms with Gasteiger partial charge >= 0.3 is 29.0 Å². The van der Waals surface area contributed by atoms with Gasteiger partial charge in [-0.15, -0.1) is 0 Å². The molecule has 0 aliphatic carbocycles. The van der Waals surface area contributed by atoms with E-state index in [1.54, 1.807) is 0 Å². The summed E-state index contributed by atoms with van der Waals surface area (Å²) in [7, 11) is 0. The quantitative estimate of drug-likeness (QED) is 0.433. The molecule has 0 spiro atoms. The Morgan fingerprint density at radius 1 is 1.55 bits per heavy atom. The second-order valence-corrected chi connectivity index (χ2v) is 1.52. The van der Waals surface area contributed by atoms with Crippen molar-refractivity contribution in [1.29, 1.82) is 0 Å². The molecule has 0 unspecified atom stereocenters. The van der Waals surface area contributed by atoms with Crippen LogP contribution in [-0.2, 0) is 9.59 Å². The second-order valence-electron chi connectivity index (χ2n) is 1.52. The minimum Gasteiger partial charge on any atom is -1.00 e. The Morgan fingerprint density at radius 3 is 2.00 bits per heavy atom. The SMILES string of the molecule is N[C@@H](CC(=O)O)C(=O)[O-].[Cl-].[Mg+2]. The standard InChI is InChI=1S/C4H7NO4.ClH.Mg/c5-2(4(8)9)1-3(6)7;;/h2H,1,5H2,(H,6,7)(H,8,9);1H;/q;;+2/p-2/t2-;;/m0../s1. The summed E-state index contributed by atoms with van der Waals surface area (Å²) in [6.07, 6.45) is -0.595. The molecule has 0 heterocycles. The average molecular weight is 192 g/mol. The number of hydrogen-bond acceptors (Lipinski definition) is 4. The minimum absolute atomic E-state index is 0. The molecule has 11 heavy (non-hydrogen) atoms. The van der Waals surface area contributed by atoms with Crippen molar-refractivity contribution in [2.45, 2.75) is 12.5 Å². The minimum atomic E-state index is -1.54. The van der Waals surface area contributed by atoms with Crippen molar-refractivity contribution < 1.29 is 32.2 Å². The van der Waals surface area contributed by atoms with Crippen molar-refractivity contribution in [2.75, 3.05) is 0 Å². The number of nitrogens with two attached hydrogens (primary N) is 1. The fraction of sp³-hybridized carbons (Fsp3) is 0.500. The van der Waals surface area contributed by atoms with Gasteiger partial charge in [0, 0.05) is 0 Å². The van der Waals surface area contributed by atoms with Crippen molar-refractivity contribution in [2.24, 2.45) is 5.73 Å². The molecule has 0 aromatic carbocycles. The summed E-state index contributed by atoms with van der Waals surface area (Å²) >= 11 is 0. The average Bonchev–Trinajstić information content (AvgIpc) is 1.63. The van der Waals surface area contributed by atoms with E-state index >= 15 is 0 Å². The Hall–Kier alpha value is -0.0438. The van der Waals surface area contributed by atoms with E-state index in [1.165, 1.54) is 0 Å². The van der Waals surface area contributed by atoms with Gasteiger partial charge in [-0.2, -0.15) is 0 Å². The predicted molar refractivity (Wildman–Crippen MR) is 31.0 cm³/mol. The first-order valence-corrected chi connectivity index (χ1v) is 2.22. The van der Waals surface area contributed by atoms with Crippen LogP contribution in [0.2, 0.25) is 0 Å². The fourth-order valence-corrected chi connectivity index (χ4v) is 0.271. The summed E-state index contributed by atoms with van der Waals surface area (Å²) in [5.41, 5.74) is 4.77. The van der Waals surface area contributed by atoms with Crippen LogP contribution in [0.4, 0.5) is 0 Å². The molecule has 0 fully saturated rings. The fourth-order valence-electron chi connectivity index (χ4n) is 0.271. The number of rotatable bonds is 3. The zero-order chi connectivity index (χ0) is 7.44. The van der Waals surface area contributed by atoms with Gasteiger partial charge < -0.3 is 33.1 Å². The van der Waals surface area contributed by atoms with Crippen LogP contribution >= 0.6 is 0 Å². The zero-order valence-corrected chi connectivity index (χ0v) is 7.79. The van der Waals surface area contributed by atoms with Crippen LogP contribution in [0, 0.1) is 0 Å². The van der Waals surface area contributed by atoms with Crippen LogP contribution in [0.1, 0.15) is 6.42 Å². The maximum atomic E-state index is 9.74. The largest absolute Gasteiger partial charge is 2.00 e. The van der Waals surface area contributed by atoms with E-state index in [0.717, 1.165) is 0 Å². The van der Waals surface area contributed by atoms with E-state index in [-0.39, 0.29) is 35.5 Å². The Kier molecular flexibility index (Phi) is 12.6. The Balaban J connectivity index is -0.000000320. The molecule has 7 heteroatoms. The van der Waals surface area contributed by atoms with Crippen molar-refractivity contribution in [3.05, 3.63) is 0 Å². The molecule has 0 aromatic rings.